The highest BCUT2D eigenvalue weighted by molar-refractivity contribution is 7.89. The van der Waals surface area contributed by atoms with Gasteiger partial charge in [-0.3, -0.25) is 14.5 Å². The van der Waals surface area contributed by atoms with Crippen LogP contribution >= 0.6 is 0 Å². The Morgan fingerprint density at radius 2 is 1.76 bits per heavy atom. The number of hydrogen-bond donors (Lipinski definition) is 3. The molecule has 10 heteroatoms. The van der Waals surface area contributed by atoms with E-state index in [9.17, 15) is 18.0 Å². The number of amides is 2. The van der Waals surface area contributed by atoms with Crippen molar-refractivity contribution >= 4 is 21.8 Å². The summed E-state index contributed by atoms with van der Waals surface area (Å²) in [6, 6.07) is 7.74. The van der Waals surface area contributed by atoms with Gasteiger partial charge < -0.3 is 15.4 Å². The molecule has 0 bridgehead atoms. The number of rotatable bonds is 10. The second kappa shape index (κ2) is 12.5. The Morgan fingerprint density at radius 3 is 2.42 bits per heavy atom. The number of nitrogens with one attached hydrogen (secondary N) is 3. The number of sulfonamides is 1. The lowest BCUT2D eigenvalue weighted by Crippen LogP contribution is -2.49. The van der Waals surface area contributed by atoms with Crippen molar-refractivity contribution in [2.75, 3.05) is 45.9 Å². The van der Waals surface area contributed by atoms with Gasteiger partial charge >= 0.3 is 0 Å². The fraction of sp³-hybridized carbons (Fsp3) is 0.652. The Kier molecular flexibility index (Phi) is 9.66. The van der Waals surface area contributed by atoms with E-state index in [1.807, 2.05) is 0 Å². The summed E-state index contributed by atoms with van der Waals surface area (Å²) in [5, 5.41) is 5.72. The zero-order chi connectivity index (χ0) is 23.7. The predicted octanol–water partition coefficient (Wildman–Crippen LogP) is 0.724. The maximum Gasteiger partial charge on any atom is 0.242 e. The molecule has 1 saturated carbocycles. The van der Waals surface area contributed by atoms with E-state index in [4.69, 9.17) is 4.74 Å². The number of hydrogen-bond acceptors (Lipinski definition) is 6. The van der Waals surface area contributed by atoms with E-state index in [1.165, 1.54) is 0 Å². The van der Waals surface area contributed by atoms with Gasteiger partial charge in [-0.25, -0.2) is 13.1 Å². The first-order valence-electron chi connectivity index (χ1n) is 11.8. The molecule has 3 rings (SSSR count). The van der Waals surface area contributed by atoms with Gasteiger partial charge in [0.2, 0.25) is 21.8 Å². The van der Waals surface area contributed by atoms with Gasteiger partial charge in [-0.05, 0) is 50.7 Å². The lowest BCUT2D eigenvalue weighted by atomic mass is 9.81. The Morgan fingerprint density at radius 1 is 1.09 bits per heavy atom. The molecule has 0 unspecified atom stereocenters. The Balaban J connectivity index is 1.33. The van der Waals surface area contributed by atoms with E-state index < -0.39 is 16.1 Å². The van der Waals surface area contributed by atoms with Crippen LogP contribution in [0, 0.1) is 11.8 Å². The molecule has 1 heterocycles. The molecule has 2 aliphatic rings. The minimum Gasteiger partial charge on any atom is -0.379 e. The molecule has 1 aliphatic carbocycles. The number of carbonyl (C=O) groups excluding carboxylic acids is 2. The third-order valence-electron chi connectivity index (χ3n) is 6.42. The summed E-state index contributed by atoms with van der Waals surface area (Å²) < 4.78 is 32.8. The van der Waals surface area contributed by atoms with E-state index in [-0.39, 0.29) is 28.5 Å². The standard InChI is InChI=1S/C23H36N4O5S/c1-18(22(28)24-11-12-27-13-15-32-16-14-27)26-23(29)20-9-7-19(8-10-20)17-25-33(30,31)21-5-3-2-4-6-21/h2-6,18-20,25H,7-17H2,1H3,(H,24,28)(H,26,29)/t18-,19?,20?/m0/s1. The maximum atomic E-state index is 12.6. The molecule has 184 valence electrons. The molecule has 2 amide bonds. The SMILES string of the molecule is C[C@H](NC(=O)C1CCC(CNS(=O)(=O)c2ccccc2)CC1)C(=O)NCCN1CCOCC1. The third-order valence-corrected chi connectivity index (χ3v) is 7.86. The first kappa shape index (κ1) is 25.6. The molecule has 0 radical (unpaired) electrons. The number of ether oxygens (including phenoxy) is 1. The summed E-state index contributed by atoms with van der Waals surface area (Å²) >= 11 is 0. The van der Waals surface area contributed by atoms with Crippen LogP contribution in [0.5, 0.6) is 0 Å². The molecule has 1 atom stereocenters. The van der Waals surface area contributed by atoms with Crippen molar-refractivity contribution in [3.63, 3.8) is 0 Å². The normalized spacial score (nSPS) is 22.9. The summed E-state index contributed by atoms with van der Waals surface area (Å²) in [6.45, 7) is 6.58. The van der Waals surface area contributed by atoms with E-state index >= 15 is 0 Å². The molecule has 1 aromatic carbocycles. The van der Waals surface area contributed by atoms with Crippen molar-refractivity contribution in [1.29, 1.82) is 0 Å². The van der Waals surface area contributed by atoms with E-state index in [1.54, 1.807) is 37.3 Å². The maximum absolute atomic E-state index is 12.6. The van der Waals surface area contributed by atoms with Gasteiger partial charge in [-0.1, -0.05) is 18.2 Å². The smallest absolute Gasteiger partial charge is 0.242 e. The second-order valence-electron chi connectivity index (χ2n) is 8.86. The van der Waals surface area contributed by atoms with Crippen LogP contribution in [-0.4, -0.2) is 77.1 Å². The fourth-order valence-electron chi connectivity index (χ4n) is 4.25. The van der Waals surface area contributed by atoms with E-state index in [0.717, 1.165) is 45.7 Å². The van der Waals surface area contributed by atoms with Gasteiger partial charge in [0.1, 0.15) is 6.04 Å². The van der Waals surface area contributed by atoms with Crippen LogP contribution in [0.3, 0.4) is 0 Å². The van der Waals surface area contributed by atoms with Crippen LogP contribution in [0.15, 0.2) is 35.2 Å². The lowest BCUT2D eigenvalue weighted by molar-refractivity contribution is -0.131. The minimum atomic E-state index is -3.51. The second-order valence-corrected chi connectivity index (χ2v) is 10.6. The highest BCUT2D eigenvalue weighted by Crippen LogP contribution is 2.29. The minimum absolute atomic E-state index is 0.103. The van der Waals surface area contributed by atoms with Gasteiger partial charge in [0.05, 0.1) is 18.1 Å². The molecular weight excluding hydrogens is 444 g/mol. The number of morpholine rings is 1. The lowest BCUT2D eigenvalue weighted by Gasteiger charge is -2.29. The van der Waals surface area contributed by atoms with Gasteiger partial charge in [0.25, 0.3) is 0 Å². The predicted molar refractivity (Wildman–Crippen MR) is 125 cm³/mol. The van der Waals surface area contributed by atoms with Crippen molar-refractivity contribution in [1.82, 2.24) is 20.3 Å². The fourth-order valence-corrected chi connectivity index (χ4v) is 5.39. The van der Waals surface area contributed by atoms with Gasteiger partial charge in [0, 0.05) is 38.6 Å². The highest BCUT2D eigenvalue weighted by atomic mass is 32.2. The van der Waals surface area contributed by atoms with Crippen LogP contribution in [0.2, 0.25) is 0 Å². The first-order chi connectivity index (χ1) is 15.8. The molecule has 1 aliphatic heterocycles. The summed E-state index contributed by atoms with van der Waals surface area (Å²) in [6.07, 6.45) is 2.93. The summed E-state index contributed by atoms with van der Waals surface area (Å²) in [5.41, 5.74) is 0. The summed E-state index contributed by atoms with van der Waals surface area (Å²) in [4.78, 5) is 27.4. The summed E-state index contributed by atoms with van der Waals surface area (Å²) in [7, 11) is -3.51. The third kappa shape index (κ3) is 8.06. The summed E-state index contributed by atoms with van der Waals surface area (Å²) in [5.74, 6) is -0.223. The van der Waals surface area contributed by atoms with Crippen LogP contribution in [0.25, 0.3) is 0 Å². The van der Waals surface area contributed by atoms with Crippen molar-refractivity contribution in [2.24, 2.45) is 11.8 Å². The number of nitrogens with zero attached hydrogens (tertiary/aromatic N) is 1. The molecule has 1 saturated heterocycles. The molecular formula is C23H36N4O5S. The molecule has 0 aromatic heterocycles. The quantitative estimate of drug-likeness (QED) is 0.455. The van der Waals surface area contributed by atoms with Crippen molar-refractivity contribution in [3.05, 3.63) is 30.3 Å². The van der Waals surface area contributed by atoms with Crippen molar-refractivity contribution in [3.8, 4) is 0 Å². The van der Waals surface area contributed by atoms with Crippen molar-refractivity contribution in [2.45, 2.75) is 43.5 Å². The van der Waals surface area contributed by atoms with Gasteiger partial charge in [-0.2, -0.15) is 0 Å². The monoisotopic (exact) mass is 480 g/mol. The van der Waals surface area contributed by atoms with E-state index in [2.05, 4.69) is 20.3 Å². The molecule has 1 aromatic rings. The number of benzene rings is 1. The van der Waals surface area contributed by atoms with Gasteiger partial charge in [-0.15, -0.1) is 0 Å². The number of carbonyl (C=O) groups is 2. The molecule has 9 nitrogen and oxygen atoms in total. The largest absolute Gasteiger partial charge is 0.379 e. The molecule has 0 spiro atoms. The Bertz CT molecular complexity index is 866. The average molecular weight is 481 g/mol. The van der Waals surface area contributed by atoms with Gasteiger partial charge in [0.15, 0.2) is 0 Å². The first-order valence-corrected chi connectivity index (χ1v) is 13.3. The Labute approximate surface area is 196 Å². The van der Waals surface area contributed by atoms with E-state index in [0.29, 0.717) is 25.9 Å². The van der Waals surface area contributed by atoms with Crippen LogP contribution in [-0.2, 0) is 24.3 Å². The zero-order valence-electron chi connectivity index (χ0n) is 19.3. The Hall–Kier alpha value is -2.01. The molecule has 33 heavy (non-hydrogen) atoms. The van der Waals surface area contributed by atoms with Crippen LogP contribution in [0.4, 0.5) is 0 Å². The van der Waals surface area contributed by atoms with Crippen molar-refractivity contribution < 1.29 is 22.7 Å². The molecule has 3 N–H and O–H groups in total. The molecule has 2 fully saturated rings. The highest BCUT2D eigenvalue weighted by Gasteiger charge is 2.29. The zero-order valence-corrected chi connectivity index (χ0v) is 20.1. The topological polar surface area (TPSA) is 117 Å². The van der Waals surface area contributed by atoms with Crippen LogP contribution in [0.1, 0.15) is 32.6 Å². The van der Waals surface area contributed by atoms with Crippen LogP contribution < -0.4 is 15.4 Å². The average Bonchev–Trinajstić information content (AvgIpc) is 2.84.